The largest absolute Gasteiger partial charge is 0.347 e. The van der Waals surface area contributed by atoms with Gasteiger partial charge in [-0.1, -0.05) is 17.9 Å². The number of imidazole rings is 1. The van der Waals surface area contributed by atoms with E-state index in [1.807, 2.05) is 6.07 Å². The van der Waals surface area contributed by atoms with Crippen LogP contribution >= 0.6 is 0 Å². The molecule has 0 aliphatic heterocycles. The van der Waals surface area contributed by atoms with E-state index >= 15 is 0 Å². The van der Waals surface area contributed by atoms with Crippen LogP contribution in [-0.4, -0.2) is 22.4 Å². The first kappa shape index (κ1) is 12.9. The third-order valence-electron chi connectivity index (χ3n) is 2.43. The minimum absolute atomic E-state index is 0.159. The summed E-state index contributed by atoms with van der Waals surface area (Å²) in [5, 5.41) is 2.78. The third-order valence-corrected chi connectivity index (χ3v) is 2.43. The van der Waals surface area contributed by atoms with Gasteiger partial charge < -0.3 is 16.0 Å². The van der Waals surface area contributed by atoms with Gasteiger partial charge in [0.2, 0.25) is 0 Å². The van der Waals surface area contributed by atoms with E-state index in [2.05, 4.69) is 27.1 Å². The number of amides is 1. The number of carbonyl (C=O) groups excluding carboxylic acids is 1. The molecule has 0 aliphatic carbocycles. The van der Waals surface area contributed by atoms with E-state index in [-0.39, 0.29) is 5.91 Å². The van der Waals surface area contributed by atoms with Crippen molar-refractivity contribution >= 4 is 5.91 Å². The van der Waals surface area contributed by atoms with E-state index in [9.17, 15) is 4.79 Å². The molecule has 1 amide bonds. The number of hydrogen-bond donors (Lipinski definition) is 3. The molecule has 0 saturated carbocycles. The summed E-state index contributed by atoms with van der Waals surface area (Å²) < 4.78 is 0. The quantitative estimate of drug-likeness (QED) is 0.703. The third kappa shape index (κ3) is 3.69. The van der Waals surface area contributed by atoms with Gasteiger partial charge in [0, 0.05) is 23.5 Å². The summed E-state index contributed by atoms with van der Waals surface area (Å²) in [6.45, 7) is 0.666. The summed E-state index contributed by atoms with van der Waals surface area (Å²) in [6.07, 6.45) is 3.36. The number of H-pyrrole nitrogens is 1. The van der Waals surface area contributed by atoms with Crippen LogP contribution in [0.4, 0.5) is 0 Å². The number of nitrogens with one attached hydrogen (secondary N) is 2. The first-order chi connectivity index (χ1) is 9.29. The Kier molecular flexibility index (Phi) is 4.32. The Labute approximate surface area is 111 Å². The van der Waals surface area contributed by atoms with Crippen LogP contribution in [0.5, 0.6) is 0 Å². The van der Waals surface area contributed by atoms with Gasteiger partial charge in [0.15, 0.2) is 0 Å². The monoisotopic (exact) mass is 254 g/mol. The highest BCUT2D eigenvalue weighted by Gasteiger charge is 2.05. The summed E-state index contributed by atoms with van der Waals surface area (Å²) in [7, 11) is 0. The van der Waals surface area contributed by atoms with Crippen LogP contribution in [-0.2, 0) is 6.54 Å². The highest BCUT2D eigenvalue weighted by Crippen LogP contribution is 2.04. The maximum atomic E-state index is 11.9. The number of nitrogens with two attached hydrogens (primary N) is 1. The standard InChI is InChI=1S/C14H14N4O/c15-6-2-4-11-3-1-5-12(9-11)14(19)18-10-13-16-7-8-17-13/h1,3,5,7-9H,6,10,15H2,(H,16,17)(H,18,19). The molecule has 96 valence electrons. The summed E-state index contributed by atoms with van der Waals surface area (Å²) in [5.41, 5.74) is 6.65. The Balaban J connectivity index is 2.02. The van der Waals surface area contributed by atoms with Crippen LogP contribution in [0.15, 0.2) is 36.7 Å². The van der Waals surface area contributed by atoms with E-state index in [4.69, 9.17) is 5.73 Å². The zero-order valence-corrected chi connectivity index (χ0v) is 10.3. The normalized spacial score (nSPS) is 9.53. The van der Waals surface area contributed by atoms with Crippen LogP contribution in [0.3, 0.4) is 0 Å². The Hall–Kier alpha value is -2.58. The molecular weight excluding hydrogens is 240 g/mol. The molecule has 19 heavy (non-hydrogen) atoms. The fourth-order valence-electron chi connectivity index (χ4n) is 1.55. The summed E-state index contributed by atoms with van der Waals surface area (Å²) in [5.74, 6) is 6.21. The van der Waals surface area contributed by atoms with Crippen molar-refractivity contribution in [3.05, 3.63) is 53.6 Å². The van der Waals surface area contributed by atoms with Crippen molar-refractivity contribution in [1.29, 1.82) is 0 Å². The van der Waals surface area contributed by atoms with Gasteiger partial charge in [0.1, 0.15) is 5.82 Å². The number of nitrogens with zero attached hydrogens (tertiary/aromatic N) is 1. The Morgan fingerprint density at radius 3 is 3.11 bits per heavy atom. The second-order valence-electron chi connectivity index (χ2n) is 3.81. The highest BCUT2D eigenvalue weighted by atomic mass is 16.1. The molecule has 0 aliphatic rings. The smallest absolute Gasteiger partial charge is 0.251 e. The number of carbonyl (C=O) groups is 1. The van der Waals surface area contributed by atoms with E-state index in [1.165, 1.54) is 0 Å². The lowest BCUT2D eigenvalue weighted by Crippen LogP contribution is -2.23. The van der Waals surface area contributed by atoms with Gasteiger partial charge in [-0.15, -0.1) is 0 Å². The van der Waals surface area contributed by atoms with Gasteiger partial charge in [-0.25, -0.2) is 4.98 Å². The van der Waals surface area contributed by atoms with Crippen LogP contribution < -0.4 is 11.1 Å². The molecule has 2 rings (SSSR count). The number of hydrogen-bond acceptors (Lipinski definition) is 3. The van der Waals surface area contributed by atoms with E-state index < -0.39 is 0 Å². The number of aromatic amines is 1. The first-order valence-corrected chi connectivity index (χ1v) is 5.85. The molecule has 0 saturated heterocycles. The lowest BCUT2D eigenvalue weighted by Gasteiger charge is -2.03. The van der Waals surface area contributed by atoms with Crippen LogP contribution in [0.1, 0.15) is 21.7 Å². The van der Waals surface area contributed by atoms with E-state index in [0.717, 1.165) is 5.56 Å². The molecule has 1 aromatic heterocycles. The average molecular weight is 254 g/mol. The SMILES string of the molecule is NCC#Cc1cccc(C(=O)NCc2ncc[nH]2)c1. The van der Waals surface area contributed by atoms with Crippen LogP contribution in [0, 0.1) is 11.8 Å². The lowest BCUT2D eigenvalue weighted by atomic mass is 10.1. The van der Waals surface area contributed by atoms with Gasteiger partial charge >= 0.3 is 0 Å². The second-order valence-corrected chi connectivity index (χ2v) is 3.81. The van der Waals surface area contributed by atoms with Crippen molar-refractivity contribution in [1.82, 2.24) is 15.3 Å². The van der Waals surface area contributed by atoms with Crippen molar-refractivity contribution in [3.8, 4) is 11.8 Å². The molecule has 4 N–H and O–H groups in total. The molecule has 0 bridgehead atoms. The maximum Gasteiger partial charge on any atom is 0.251 e. The molecule has 5 heteroatoms. The fraction of sp³-hybridized carbons (Fsp3) is 0.143. The van der Waals surface area contributed by atoms with Crippen molar-refractivity contribution in [3.63, 3.8) is 0 Å². The fourth-order valence-corrected chi connectivity index (χ4v) is 1.55. The number of benzene rings is 1. The Bertz CT molecular complexity index is 608. The van der Waals surface area contributed by atoms with Crippen LogP contribution in [0.2, 0.25) is 0 Å². The van der Waals surface area contributed by atoms with Gasteiger partial charge in [-0.05, 0) is 18.2 Å². The first-order valence-electron chi connectivity index (χ1n) is 5.85. The second kappa shape index (κ2) is 6.38. The Morgan fingerprint density at radius 1 is 1.47 bits per heavy atom. The van der Waals surface area contributed by atoms with Gasteiger partial charge in [-0.2, -0.15) is 0 Å². The highest BCUT2D eigenvalue weighted by molar-refractivity contribution is 5.94. The van der Waals surface area contributed by atoms with E-state index in [1.54, 1.807) is 30.6 Å². The summed E-state index contributed by atoms with van der Waals surface area (Å²) in [4.78, 5) is 18.9. The summed E-state index contributed by atoms with van der Waals surface area (Å²) >= 11 is 0. The van der Waals surface area contributed by atoms with Gasteiger partial charge in [0.05, 0.1) is 13.1 Å². The zero-order chi connectivity index (χ0) is 13.5. The van der Waals surface area contributed by atoms with Crippen molar-refractivity contribution in [2.24, 2.45) is 5.73 Å². The minimum atomic E-state index is -0.159. The van der Waals surface area contributed by atoms with Crippen LogP contribution in [0.25, 0.3) is 0 Å². The number of aromatic nitrogens is 2. The molecule has 0 fully saturated rings. The van der Waals surface area contributed by atoms with Gasteiger partial charge in [0.25, 0.3) is 5.91 Å². The molecule has 5 nitrogen and oxygen atoms in total. The molecule has 0 radical (unpaired) electrons. The predicted molar refractivity (Wildman–Crippen MR) is 72.1 cm³/mol. The average Bonchev–Trinajstić information content (AvgIpc) is 2.96. The molecule has 2 aromatic rings. The van der Waals surface area contributed by atoms with Crippen molar-refractivity contribution < 1.29 is 4.79 Å². The molecule has 1 aromatic carbocycles. The van der Waals surface area contributed by atoms with Crippen molar-refractivity contribution in [2.75, 3.05) is 6.54 Å². The van der Waals surface area contributed by atoms with Gasteiger partial charge in [-0.3, -0.25) is 4.79 Å². The van der Waals surface area contributed by atoms with Crippen molar-refractivity contribution in [2.45, 2.75) is 6.54 Å². The summed E-state index contributed by atoms with van der Waals surface area (Å²) in [6, 6.07) is 7.11. The molecule has 0 unspecified atom stereocenters. The number of rotatable bonds is 3. The topological polar surface area (TPSA) is 83.8 Å². The Morgan fingerprint density at radius 2 is 2.37 bits per heavy atom. The zero-order valence-electron chi connectivity index (χ0n) is 10.3. The lowest BCUT2D eigenvalue weighted by molar-refractivity contribution is 0.0950. The predicted octanol–water partition coefficient (Wildman–Crippen LogP) is 0.650. The van der Waals surface area contributed by atoms with E-state index in [0.29, 0.717) is 24.5 Å². The minimum Gasteiger partial charge on any atom is -0.347 e. The molecular formula is C14H14N4O. The molecule has 0 spiro atoms. The maximum absolute atomic E-state index is 11.9. The molecule has 0 atom stereocenters. The molecule has 1 heterocycles.